The Bertz CT molecular complexity index is 218. The van der Waals surface area contributed by atoms with Crippen LogP contribution < -0.4 is 16.6 Å². The highest BCUT2D eigenvalue weighted by Gasteiger charge is 2.17. The monoisotopic (exact) mass is 201 g/mol. The molecule has 0 aromatic rings. The van der Waals surface area contributed by atoms with Gasteiger partial charge in [0.25, 0.3) is 0 Å². The van der Waals surface area contributed by atoms with Crippen LogP contribution in [-0.2, 0) is 9.59 Å². The molecule has 14 heavy (non-hydrogen) atoms. The molecule has 80 valence electrons. The molecule has 0 aliphatic carbocycles. The van der Waals surface area contributed by atoms with Crippen LogP contribution in [0.5, 0.6) is 0 Å². The summed E-state index contributed by atoms with van der Waals surface area (Å²) >= 11 is 0. The molecule has 0 fully saturated rings. The summed E-state index contributed by atoms with van der Waals surface area (Å²) in [4.78, 5) is 21.5. The number of amides is 1. The Morgan fingerprint density at radius 3 is 2.64 bits per heavy atom. The number of rotatable bonds is 7. The van der Waals surface area contributed by atoms with E-state index in [4.69, 9.17) is 10.9 Å². The summed E-state index contributed by atoms with van der Waals surface area (Å²) in [5, 5.41) is 11.0. The molecule has 1 amide bonds. The summed E-state index contributed by atoms with van der Waals surface area (Å²) in [6, 6.07) is -0.881. The Morgan fingerprint density at radius 2 is 2.21 bits per heavy atom. The number of carbonyl (C=O) groups is 2. The number of carboxylic acids is 1. The van der Waals surface area contributed by atoms with Gasteiger partial charge in [-0.15, -0.1) is 0 Å². The van der Waals surface area contributed by atoms with Crippen molar-refractivity contribution in [2.45, 2.75) is 18.9 Å². The van der Waals surface area contributed by atoms with Gasteiger partial charge in [-0.2, -0.15) is 0 Å². The summed E-state index contributed by atoms with van der Waals surface area (Å²) in [7, 11) is 0. The fraction of sp³-hybridized carbons (Fsp3) is 0.500. The zero-order valence-electron chi connectivity index (χ0n) is 7.82. The molecule has 6 nitrogen and oxygen atoms in total. The van der Waals surface area contributed by atoms with Gasteiger partial charge in [0.2, 0.25) is 5.91 Å². The average Bonchev–Trinajstić information content (AvgIpc) is 2.16. The number of hydrogen-bond donors (Lipinski definition) is 4. The van der Waals surface area contributed by atoms with E-state index in [9.17, 15) is 9.59 Å². The molecule has 0 bridgehead atoms. The highest BCUT2D eigenvalue weighted by Crippen LogP contribution is 1.96. The standard InChI is InChI=1S/C8H15N3O3/c1-2-7(12)11-6(8(13)14)4-3-5-10-9/h2,6,10H,1,3-5,9H2,(H,11,12)(H,13,14). The Labute approximate surface area is 82.1 Å². The second-order valence-corrected chi connectivity index (χ2v) is 2.70. The third-order valence-corrected chi connectivity index (χ3v) is 1.61. The maximum atomic E-state index is 10.8. The molecule has 0 aliphatic heterocycles. The summed E-state index contributed by atoms with van der Waals surface area (Å²) in [5.41, 5.74) is 2.40. The van der Waals surface area contributed by atoms with Gasteiger partial charge in [-0.3, -0.25) is 16.1 Å². The summed E-state index contributed by atoms with van der Waals surface area (Å²) < 4.78 is 0. The zero-order chi connectivity index (χ0) is 11.0. The Morgan fingerprint density at radius 1 is 1.57 bits per heavy atom. The van der Waals surface area contributed by atoms with Crippen molar-refractivity contribution < 1.29 is 14.7 Å². The first-order valence-corrected chi connectivity index (χ1v) is 4.21. The number of carboxylic acid groups (broad SMARTS) is 1. The van der Waals surface area contributed by atoms with Crippen molar-refractivity contribution in [1.82, 2.24) is 10.7 Å². The number of hydrogen-bond acceptors (Lipinski definition) is 4. The highest BCUT2D eigenvalue weighted by atomic mass is 16.4. The van der Waals surface area contributed by atoms with E-state index in [-0.39, 0.29) is 0 Å². The second kappa shape index (κ2) is 7.05. The second-order valence-electron chi connectivity index (χ2n) is 2.70. The van der Waals surface area contributed by atoms with Gasteiger partial charge in [0.05, 0.1) is 0 Å². The van der Waals surface area contributed by atoms with Crippen LogP contribution in [-0.4, -0.2) is 29.6 Å². The number of carbonyl (C=O) groups excluding carboxylic acids is 1. The van der Waals surface area contributed by atoms with Crippen LogP contribution >= 0.6 is 0 Å². The molecule has 0 saturated heterocycles. The first kappa shape index (κ1) is 12.6. The minimum absolute atomic E-state index is 0.332. The summed E-state index contributed by atoms with van der Waals surface area (Å²) in [6.45, 7) is 3.74. The molecule has 0 saturated carbocycles. The normalized spacial score (nSPS) is 11.8. The lowest BCUT2D eigenvalue weighted by molar-refractivity contribution is -0.141. The van der Waals surface area contributed by atoms with Crippen molar-refractivity contribution in [1.29, 1.82) is 0 Å². The van der Waals surface area contributed by atoms with Crippen LogP contribution in [0, 0.1) is 0 Å². The van der Waals surface area contributed by atoms with Gasteiger partial charge in [-0.25, -0.2) is 4.79 Å². The van der Waals surface area contributed by atoms with E-state index in [2.05, 4.69) is 17.3 Å². The minimum atomic E-state index is -1.06. The first-order valence-electron chi connectivity index (χ1n) is 4.21. The maximum absolute atomic E-state index is 10.8. The molecule has 0 heterocycles. The molecule has 6 heteroatoms. The lowest BCUT2D eigenvalue weighted by atomic mass is 10.1. The van der Waals surface area contributed by atoms with Crippen molar-refractivity contribution in [3.63, 3.8) is 0 Å². The Hall–Kier alpha value is -1.40. The van der Waals surface area contributed by atoms with Gasteiger partial charge in [-0.1, -0.05) is 6.58 Å². The molecule has 5 N–H and O–H groups in total. The lowest BCUT2D eigenvalue weighted by Gasteiger charge is -2.12. The highest BCUT2D eigenvalue weighted by molar-refractivity contribution is 5.90. The van der Waals surface area contributed by atoms with Crippen molar-refractivity contribution in [2.24, 2.45) is 5.84 Å². The van der Waals surface area contributed by atoms with E-state index in [1.165, 1.54) is 0 Å². The predicted molar refractivity (Wildman–Crippen MR) is 51.2 cm³/mol. The fourth-order valence-electron chi connectivity index (χ4n) is 0.896. The first-order chi connectivity index (χ1) is 6.61. The Balaban J connectivity index is 3.96. The lowest BCUT2D eigenvalue weighted by Crippen LogP contribution is -2.40. The molecule has 1 atom stereocenters. The average molecular weight is 201 g/mol. The van der Waals surface area contributed by atoms with Crippen molar-refractivity contribution in [3.05, 3.63) is 12.7 Å². The quantitative estimate of drug-likeness (QED) is 0.183. The molecule has 0 aromatic carbocycles. The van der Waals surface area contributed by atoms with E-state index in [0.29, 0.717) is 19.4 Å². The Kier molecular flexibility index (Phi) is 6.34. The maximum Gasteiger partial charge on any atom is 0.326 e. The molecule has 0 aliphatic rings. The van der Waals surface area contributed by atoms with Gasteiger partial charge in [0.15, 0.2) is 0 Å². The summed E-state index contributed by atoms with van der Waals surface area (Å²) in [5.74, 6) is 3.47. The topological polar surface area (TPSA) is 104 Å². The fourth-order valence-corrected chi connectivity index (χ4v) is 0.896. The molecule has 0 spiro atoms. The number of aliphatic carboxylic acids is 1. The molecule has 0 rings (SSSR count). The van der Waals surface area contributed by atoms with Gasteiger partial charge in [0.1, 0.15) is 6.04 Å². The molecule has 0 radical (unpaired) electrons. The van der Waals surface area contributed by atoms with Crippen LogP contribution in [0.15, 0.2) is 12.7 Å². The third kappa shape index (κ3) is 5.28. The number of nitrogens with two attached hydrogens (primary N) is 1. The van der Waals surface area contributed by atoms with Gasteiger partial charge >= 0.3 is 5.97 Å². The third-order valence-electron chi connectivity index (χ3n) is 1.61. The van der Waals surface area contributed by atoms with Crippen molar-refractivity contribution in [2.75, 3.05) is 6.54 Å². The van der Waals surface area contributed by atoms with E-state index in [0.717, 1.165) is 6.08 Å². The van der Waals surface area contributed by atoms with Crippen molar-refractivity contribution >= 4 is 11.9 Å². The smallest absolute Gasteiger partial charge is 0.326 e. The predicted octanol–water partition coefficient (Wildman–Crippen LogP) is -1.01. The van der Waals surface area contributed by atoms with Crippen LogP contribution in [0.1, 0.15) is 12.8 Å². The molecular formula is C8H15N3O3. The molecular weight excluding hydrogens is 186 g/mol. The van der Waals surface area contributed by atoms with E-state index >= 15 is 0 Å². The number of nitrogens with one attached hydrogen (secondary N) is 2. The van der Waals surface area contributed by atoms with Crippen LogP contribution in [0.2, 0.25) is 0 Å². The van der Waals surface area contributed by atoms with Gasteiger partial charge in [0, 0.05) is 6.54 Å². The molecule has 0 aromatic heterocycles. The minimum Gasteiger partial charge on any atom is -0.480 e. The van der Waals surface area contributed by atoms with Crippen molar-refractivity contribution in [3.8, 4) is 0 Å². The van der Waals surface area contributed by atoms with E-state index in [1.807, 2.05) is 0 Å². The van der Waals surface area contributed by atoms with Crippen LogP contribution in [0.4, 0.5) is 0 Å². The molecule has 1 unspecified atom stereocenters. The van der Waals surface area contributed by atoms with E-state index < -0.39 is 17.9 Å². The number of hydrazine groups is 1. The SMILES string of the molecule is C=CC(=O)NC(CCCNN)C(=O)O. The van der Waals surface area contributed by atoms with Crippen LogP contribution in [0.25, 0.3) is 0 Å². The zero-order valence-corrected chi connectivity index (χ0v) is 7.82. The largest absolute Gasteiger partial charge is 0.480 e. The summed E-state index contributed by atoms with van der Waals surface area (Å²) in [6.07, 6.45) is 1.95. The van der Waals surface area contributed by atoms with E-state index in [1.54, 1.807) is 0 Å². The van der Waals surface area contributed by atoms with Gasteiger partial charge in [-0.05, 0) is 18.9 Å². The van der Waals surface area contributed by atoms with Crippen LogP contribution in [0.3, 0.4) is 0 Å². The van der Waals surface area contributed by atoms with Gasteiger partial charge < -0.3 is 10.4 Å².